The summed E-state index contributed by atoms with van der Waals surface area (Å²) in [6, 6.07) is 1.80. The van der Waals surface area contributed by atoms with Crippen molar-refractivity contribution in [3.05, 3.63) is 11.2 Å². The van der Waals surface area contributed by atoms with E-state index in [0.717, 1.165) is 10.2 Å². The minimum absolute atomic E-state index is 0.515. The second-order valence-corrected chi connectivity index (χ2v) is 5.44. The summed E-state index contributed by atoms with van der Waals surface area (Å²) in [5.74, 6) is 0. The molecule has 0 N–H and O–H groups in total. The van der Waals surface area contributed by atoms with E-state index < -0.39 is 0 Å². The van der Waals surface area contributed by atoms with Gasteiger partial charge in [-0.05, 0) is 6.26 Å². The molecule has 5 heteroatoms. The lowest BCUT2D eigenvalue weighted by molar-refractivity contribution is 0.890. The SMILES string of the molecule is CSc1nc(Cl)cc(SC(C)C)n1. The third-order valence-electron chi connectivity index (χ3n) is 1.19. The van der Waals surface area contributed by atoms with E-state index in [0.29, 0.717) is 10.4 Å². The lowest BCUT2D eigenvalue weighted by Gasteiger charge is -2.04. The summed E-state index contributed by atoms with van der Waals surface area (Å²) in [7, 11) is 0. The summed E-state index contributed by atoms with van der Waals surface area (Å²) in [4.78, 5) is 8.39. The monoisotopic (exact) mass is 234 g/mol. The first-order valence-corrected chi connectivity index (χ1v) is 6.35. The van der Waals surface area contributed by atoms with Crippen LogP contribution in [0.25, 0.3) is 0 Å². The van der Waals surface area contributed by atoms with Crippen molar-refractivity contribution in [2.24, 2.45) is 0 Å². The van der Waals surface area contributed by atoms with Crippen molar-refractivity contribution in [3.8, 4) is 0 Å². The van der Waals surface area contributed by atoms with Crippen molar-refractivity contribution in [2.45, 2.75) is 29.3 Å². The maximum Gasteiger partial charge on any atom is 0.189 e. The first kappa shape index (κ1) is 11.1. The van der Waals surface area contributed by atoms with Crippen molar-refractivity contribution in [1.82, 2.24) is 9.97 Å². The third-order valence-corrected chi connectivity index (χ3v) is 2.85. The number of aromatic nitrogens is 2. The van der Waals surface area contributed by atoms with E-state index in [1.54, 1.807) is 17.8 Å². The minimum Gasteiger partial charge on any atom is -0.216 e. The Hall–Kier alpha value is 0.0700. The highest BCUT2D eigenvalue weighted by Crippen LogP contribution is 2.24. The van der Waals surface area contributed by atoms with Crippen molar-refractivity contribution in [1.29, 1.82) is 0 Å². The fourth-order valence-electron chi connectivity index (χ4n) is 0.770. The number of nitrogens with zero attached hydrogens (tertiary/aromatic N) is 2. The summed E-state index contributed by atoms with van der Waals surface area (Å²) in [6.07, 6.45) is 1.94. The van der Waals surface area contributed by atoms with Gasteiger partial charge in [-0.2, -0.15) is 0 Å². The van der Waals surface area contributed by atoms with Gasteiger partial charge >= 0.3 is 0 Å². The maximum absolute atomic E-state index is 5.83. The van der Waals surface area contributed by atoms with Crippen LogP contribution in [0.4, 0.5) is 0 Å². The van der Waals surface area contributed by atoms with Crippen molar-refractivity contribution in [2.75, 3.05) is 6.26 Å². The van der Waals surface area contributed by atoms with E-state index in [9.17, 15) is 0 Å². The van der Waals surface area contributed by atoms with Crippen LogP contribution in [0.5, 0.6) is 0 Å². The number of rotatable bonds is 3. The molecule has 0 atom stereocenters. The summed E-state index contributed by atoms with van der Waals surface area (Å²) in [5, 5.41) is 2.71. The quantitative estimate of drug-likeness (QED) is 0.455. The average Bonchev–Trinajstić information content (AvgIpc) is 2.01. The van der Waals surface area contributed by atoms with Crippen LogP contribution >= 0.6 is 35.1 Å². The zero-order valence-electron chi connectivity index (χ0n) is 7.74. The van der Waals surface area contributed by atoms with Gasteiger partial charge in [0.2, 0.25) is 0 Å². The normalized spacial score (nSPS) is 10.8. The molecule has 0 radical (unpaired) electrons. The molecular formula is C8H11ClN2S2. The Morgan fingerprint density at radius 3 is 2.62 bits per heavy atom. The zero-order chi connectivity index (χ0) is 9.84. The molecule has 1 aromatic rings. The molecule has 0 fully saturated rings. The molecule has 0 saturated heterocycles. The average molecular weight is 235 g/mol. The van der Waals surface area contributed by atoms with Crippen LogP contribution in [0.2, 0.25) is 5.15 Å². The molecule has 0 aliphatic rings. The van der Waals surface area contributed by atoms with E-state index in [1.807, 2.05) is 6.26 Å². The summed E-state index contributed by atoms with van der Waals surface area (Å²) >= 11 is 9.03. The number of hydrogen-bond donors (Lipinski definition) is 0. The lowest BCUT2D eigenvalue weighted by Crippen LogP contribution is -1.92. The second kappa shape index (κ2) is 5.08. The topological polar surface area (TPSA) is 25.8 Å². The van der Waals surface area contributed by atoms with Crippen molar-refractivity contribution in [3.63, 3.8) is 0 Å². The predicted octanol–water partition coefficient (Wildman–Crippen LogP) is 3.35. The molecule has 0 aromatic carbocycles. The fraction of sp³-hybridized carbons (Fsp3) is 0.500. The Bertz CT molecular complexity index is 291. The van der Waals surface area contributed by atoms with Crippen LogP contribution < -0.4 is 0 Å². The van der Waals surface area contributed by atoms with Crippen molar-refractivity contribution < 1.29 is 0 Å². The van der Waals surface area contributed by atoms with E-state index in [-0.39, 0.29) is 0 Å². The fourth-order valence-corrected chi connectivity index (χ4v) is 2.31. The molecule has 0 unspecified atom stereocenters. The molecule has 1 rings (SSSR count). The highest BCUT2D eigenvalue weighted by atomic mass is 35.5. The molecule has 0 amide bonds. The van der Waals surface area contributed by atoms with E-state index >= 15 is 0 Å². The van der Waals surface area contributed by atoms with E-state index in [2.05, 4.69) is 23.8 Å². The van der Waals surface area contributed by atoms with Gasteiger partial charge in [-0.1, -0.05) is 37.2 Å². The highest BCUT2D eigenvalue weighted by molar-refractivity contribution is 8.00. The number of hydrogen-bond acceptors (Lipinski definition) is 4. The Balaban J connectivity index is 2.88. The van der Waals surface area contributed by atoms with Crippen molar-refractivity contribution >= 4 is 35.1 Å². The summed E-state index contributed by atoms with van der Waals surface area (Å²) in [5.41, 5.74) is 0. The molecule has 0 aliphatic heterocycles. The van der Waals surface area contributed by atoms with Crippen LogP contribution in [-0.4, -0.2) is 21.5 Å². The molecule has 72 valence electrons. The third kappa shape index (κ3) is 3.75. The van der Waals surface area contributed by atoms with E-state index in [4.69, 9.17) is 11.6 Å². The first-order chi connectivity index (χ1) is 6.11. The highest BCUT2D eigenvalue weighted by Gasteiger charge is 2.04. The van der Waals surface area contributed by atoms with Crippen LogP contribution in [-0.2, 0) is 0 Å². The minimum atomic E-state index is 0.515. The summed E-state index contributed by atoms with van der Waals surface area (Å²) in [6.45, 7) is 4.25. The van der Waals surface area contributed by atoms with Crippen LogP contribution in [0, 0.1) is 0 Å². The zero-order valence-corrected chi connectivity index (χ0v) is 10.1. The van der Waals surface area contributed by atoms with Gasteiger partial charge in [-0.15, -0.1) is 11.8 Å². The molecule has 13 heavy (non-hydrogen) atoms. The van der Waals surface area contributed by atoms with Crippen LogP contribution in [0.3, 0.4) is 0 Å². The smallest absolute Gasteiger partial charge is 0.189 e. The van der Waals surface area contributed by atoms with Gasteiger partial charge in [0.25, 0.3) is 0 Å². The Morgan fingerprint density at radius 1 is 1.38 bits per heavy atom. The standard InChI is InChI=1S/C8H11ClN2S2/c1-5(2)13-7-4-6(9)10-8(11-7)12-3/h4-5H,1-3H3. The molecule has 2 nitrogen and oxygen atoms in total. The van der Waals surface area contributed by atoms with Gasteiger partial charge < -0.3 is 0 Å². The van der Waals surface area contributed by atoms with E-state index in [1.165, 1.54) is 11.8 Å². The first-order valence-electron chi connectivity index (χ1n) is 3.87. The predicted molar refractivity (Wildman–Crippen MR) is 59.8 cm³/mol. The van der Waals surface area contributed by atoms with Gasteiger partial charge in [0, 0.05) is 11.3 Å². The largest absolute Gasteiger partial charge is 0.216 e. The van der Waals surface area contributed by atoms with Crippen LogP contribution in [0.15, 0.2) is 16.2 Å². The summed E-state index contributed by atoms with van der Waals surface area (Å²) < 4.78 is 0. The molecular weight excluding hydrogens is 224 g/mol. The second-order valence-electron chi connectivity index (χ2n) is 2.68. The Labute approximate surface area is 91.9 Å². The molecule has 0 spiro atoms. The number of thioether (sulfide) groups is 2. The number of halogens is 1. The molecule has 0 saturated carbocycles. The molecule has 1 aromatic heterocycles. The Morgan fingerprint density at radius 2 is 2.08 bits per heavy atom. The van der Waals surface area contributed by atoms with Gasteiger partial charge in [-0.25, -0.2) is 9.97 Å². The molecule has 0 aliphatic carbocycles. The maximum atomic E-state index is 5.83. The lowest BCUT2D eigenvalue weighted by atomic mass is 10.6. The van der Waals surface area contributed by atoms with Gasteiger partial charge in [-0.3, -0.25) is 0 Å². The molecule has 0 bridgehead atoms. The molecule has 1 heterocycles. The Kier molecular flexibility index (Phi) is 4.35. The van der Waals surface area contributed by atoms with Gasteiger partial charge in [0.15, 0.2) is 5.16 Å². The van der Waals surface area contributed by atoms with Gasteiger partial charge in [0.05, 0.1) is 0 Å². The van der Waals surface area contributed by atoms with Crippen LogP contribution in [0.1, 0.15) is 13.8 Å². The van der Waals surface area contributed by atoms with Gasteiger partial charge in [0.1, 0.15) is 10.2 Å².